The molecule has 0 aromatic heterocycles. The molecule has 7 heteroatoms. The highest BCUT2D eigenvalue weighted by atomic mass is 32.2. The van der Waals surface area contributed by atoms with Crippen molar-refractivity contribution in [2.45, 2.75) is 5.76 Å². The molecular formula is C3H6F2N4S. The Bertz CT molecular complexity index is 153. The topological polar surface area (TPSA) is 88.2 Å². The van der Waals surface area contributed by atoms with Crippen molar-refractivity contribution in [3.8, 4) is 0 Å². The van der Waals surface area contributed by atoms with E-state index in [1.165, 1.54) is 0 Å². The first-order valence-corrected chi connectivity index (χ1v) is 3.03. The van der Waals surface area contributed by atoms with Gasteiger partial charge < -0.3 is 11.5 Å². The van der Waals surface area contributed by atoms with Crippen molar-refractivity contribution in [1.82, 2.24) is 0 Å². The zero-order valence-corrected chi connectivity index (χ0v) is 5.66. The van der Waals surface area contributed by atoms with E-state index in [1.807, 2.05) is 0 Å². The number of hydrogen-bond donors (Lipinski definition) is 3. The molecule has 0 aliphatic heterocycles. The molecule has 0 aromatic rings. The van der Waals surface area contributed by atoms with Gasteiger partial charge in [0, 0.05) is 0 Å². The van der Waals surface area contributed by atoms with Crippen molar-refractivity contribution in [3.05, 3.63) is 0 Å². The van der Waals surface area contributed by atoms with Gasteiger partial charge >= 0.3 is 0 Å². The van der Waals surface area contributed by atoms with Gasteiger partial charge in [0.1, 0.15) is 0 Å². The molecule has 4 nitrogen and oxygen atoms in total. The van der Waals surface area contributed by atoms with Gasteiger partial charge in [0.05, 0.1) is 0 Å². The Morgan fingerprint density at radius 2 is 2.00 bits per heavy atom. The van der Waals surface area contributed by atoms with E-state index < -0.39 is 16.9 Å². The Balaban J connectivity index is 3.76. The van der Waals surface area contributed by atoms with Crippen LogP contribution < -0.4 is 11.5 Å². The summed E-state index contributed by atoms with van der Waals surface area (Å²) in [6, 6.07) is 0. The van der Waals surface area contributed by atoms with E-state index in [1.54, 1.807) is 0 Å². The van der Waals surface area contributed by atoms with E-state index in [0.717, 1.165) is 0 Å². The van der Waals surface area contributed by atoms with Gasteiger partial charge in [0.15, 0.2) is 11.1 Å². The van der Waals surface area contributed by atoms with Crippen LogP contribution in [0.1, 0.15) is 0 Å². The second-order valence-corrected chi connectivity index (χ2v) is 2.20. The van der Waals surface area contributed by atoms with Crippen LogP contribution in [0.25, 0.3) is 0 Å². The SMILES string of the molecule is N=C(N=C(N)N)SC(F)F. The smallest absolute Gasteiger partial charge is 0.291 e. The predicted octanol–water partition coefficient (Wildman–Crippen LogP) is 0.150. The van der Waals surface area contributed by atoms with Gasteiger partial charge in [0.2, 0.25) is 0 Å². The summed E-state index contributed by atoms with van der Waals surface area (Å²) in [5, 5.41) is 6.10. The molecule has 0 rings (SSSR count). The van der Waals surface area contributed by atoms with Crippen molar-refractivity contribution >= 4 is 22.9 Å². The van der Waals surface area contributed by atoms with Crippen LogP contribution in [0.5, 0.6) is 0 Å². The summed E-state index contributed by atoms with van der Waals surface area (Å²) in [5.41, 5.74) is 9.60. The Labute approximate surface area is 60.2 Å². The van der Waals surface area contributed by atoms with Gasteiger partial charge in [-0.25, -0.2) is 0 Å². The number of alkyl halides is 2. The lowest BCUT2D eigenvalue weighted by Gasteiger charge is -1.94. The number of nitrogens with one attached hydrogen (secondary N) is 1. The van der Waals surface area contributed by atoms with Crippen molar-refractivity contribution in [2.75, 3.05) is 0 Å². The molecule has 0 atom stereocenters. The first-order chi connectivity index (χ1) is 4.52. The first kappa shape index (κ1) is 9.15. The summed E-state index contributed by atoms with van der Waals surface area (Å²) >= 11 is -0.0148. The molecule has 0 heterocycles. The standard InChI is InChI=1S/C3H6F2N4S/c4-1(5)10-3(8)9-2(6)7/h1H,(H5,6,7,8,9). The number of halogens is 2. The molecule has 0 spiro atoms. The van der Waals surface area contributed by atoms with Gasteiger partial charge in [-0.3, -0.25) is 5.41 Å². The molecule has 0 bridgehead atoms. The van der Waals surface area contributed by atoms with Crippen LogP contribution in [-0.4, -0.2) is 16.9 Å². The van der Waals surface area contributed by atoms with Crippen LogP contribution in [0, 0.1) is 5.41 Å². The van der Waals surface area contributed by atoms with Crippen LogP contribution >= 0.6 is 11.8 Å². The van der Waals surface area contributed by atoms with Crippen LogP contribution in [0.3, 0.4) is 0 Å². The van der Waals surface area contributed by atoms with E-state index in [9.17, 15) is 8.78 Å². The number of thioether (sulfide) groups is 1. The lowest BCUT2D eigenvalue weighted by atomic mass is 11.0. The van der Waals surface area contributed by atoms with Crippen LogP contribution in [0.2, 0.25) is 0 Å². The molecule has 0 amide bonds. The zero-order valence-electron chi connectivity index (χ0n) is 4.84. The fourth-order valence-corrected chi connectivity index (χ4v) is 0.555. The predicted molar refractivity (Wildman–Crippen MR) is 37.1 cm³/mol. The van der Waals surface area contributed by atoms with E-state index in [-0.39, 0.29) is 11.8 Å². The number of hydrogen-bond acceptors (Lipinski definition) is 2. The largest absolute Gasteiger partial charge is 0.370 e. The van der Waals surface area contributed by atoms with E-state index in [2.05, 4.69) is 4.99 Å². The number of guanidine groups is 1. The van der Waals surface area contributed by atoms with Crippen molar-refractivity contribution in [1.29, 1.82) is 5.41 Å². The fraction of sp³-hybridized carbons (Fsp3) is 0.333. The fourth-order valence-electron chi connectivity index (χ4n) is 0.228. The van der Waals surface area contributed by atoms with Gasteiger partial charge in [-0.1, -0.05) is 0 Å². The Hall–Kier alpha value is -0.850. The third kappa shape index (κ3) is 5.29. The highest BCUT2D eigenvalue weighted by Gasteiger charge is 2.06. The molecule has 0 aliphatic rings. The maximum atomic E-state index is 11.4. The molecular weight excluding hydrogens is 162 g/mol. The minimum Gasteiger partial charge on any atom is -0.370 e. The quantitative estimate of drug-likeness (QED) is 0.384. The molecule has 0 aliphatic carbocycles. The summed E-state index contributed by atoms with van der Waals surface area (Å²) in [4.78, 5) is 3.06. The van der Waals surface area contributed by atoms with Crippen LogP contribution in [0.4, 0.5) is 8.78 Å². The maximum Gasteiger partial charge on any atom is 0.291 e. The number of nitrogens with two attached hydrogens (primary N) is 2. The molecule has 0 saturated carbocycles. The van der Waals surface area contributed by atoms with E-state index in [0.29, 0.717) is 0 Å². The minimum absolute atomic E-state index is 0.0148. The average Bonchev–Trinajstić information content (AvgIpc) is 1.58. The van der Waals surface area contributed by atoms with E-state index >= 15 is 0 Å². The average molecular weight is 168 g/mol. The number of rotatable bonds is 1. The van der Waals surface area contributed by atoms with Gasteiger partial charge in [-0.15, -0.1) is 0 Å². The van der Waals surface area contributed by atoms with Crippen LogP contribution in [0.15, 0.2) is 4.99 Å². The molecule has 5 N–H and O–H groups in total. The third-order valence-electron chi connectivity index (χ3n) is 0.431. The van der Waals surface area contributed by atoms with E-state index in [4.69, 9.17) is 16.9 Å². The minimum atomic E-state index is -2.66. The lowest BCUT2D eigenvalue weighted by molar-refractivity contribution is 0.253. The highest BCUT2D eigenvalue weighted by molar-refractivity contribution is 8.14. The molecule has 0 saturated heterocycles. The van der Waals surface area contributed by atoms with Crippen molar-refractivity contribution < 1.29 is 8.78 Å². The summed E-state index contributed by atoms with van der Waals surface area (Å²) in [6.45, 7) is 0. The summed E-state index contributed by atoms with van der Waals surface area (Å²) in [6.07, 6.45) is 0. The molecule has 0 unspecified atom stereocenters. The normalized spacial score (nSPS) is 9.50. The third-order valence-corrected chi connectivity index (χ3v) is 0.924. The zero-order chi connectivity index (χ0) is 8.15. The Morgan fingerprint density at radius 3 is 2.30 bits per heavy atom. The lowest BCUT2D eigenvalue weighted by Crippen LogP contribution is -2.23. The monoisotopic (exact) mass is 168 g/mol. The number of nitrogens with zero attached hydrogens (tertiary/aromatic N) is 1. The van der Waals surface area contributed by atoms with Gasteiger partial charge in [-0.05, 0) is 11.8 Å². The number of aliphatic imine (C=N–C) groups is 1. The molecule has 0 aromatic carbocycles. The number of amidine groups is 1. The molecule has 0 radical (unpaired) electrons. The Kier molecular flexibility index (Phi) is 3.70. The van der Waals surface area contributed by atoms with Crippen molar-refractivity contribution in [3.63, 3.8) is 0 Å². The highest BCUT2D eigenvalue weighted by Crippen LogP contribution is 2.14. The summed E-state index contributed by atoms with van der Waals surface area (Å²) < 4.78 is 22.8. The second-order valence-electron chi connectivity index (χ2n) is 1.22. The van der Waals surface area contributed by atoms with Crippen molar-refractivity contribution in [2.24, 2.45) is 16.5 Å². The molecule has 10 heavy (non-hydrogen) atoms. The molecule has 0 fully saturated rings. The van der Waals surface area contributed by atoms with Gasteiger partial charge in [0.25, 0.3) is 5.76 Å². The maximum absolute atomic E-state index is 11.4. The second kappa shape index (κ2) is 4.04. The Morgan fingerprint density at radius 1 is 1.50 bits per heavy atom. The first-order valence-electron chi connectivity index (χ1n) is 2.15. The summed E-state index contributed by atoms with van der Waals surface area (Å²) in [7, 11) is 0. The molecule has 58 valence electrons. The summed E-state index contributed by atoms with van der Waals surface area (Å²) in [5.74, 6) is -3.05. The van der Waals surface area contributed by atoms with Crippen LogP contribution in [-0.2, 0) is 0 Å². The van der Waals surface area contributed by atoms with Gasteiger partial charge in [-0.2, -0.15) is 13.8 Å².